The molecule has 0 saturated heterocycles. The predicted octanol–water partition coefficient (Wildman–Crippen LogP) is 5.42. The van der Waals surface area contributed by atoms with Crippen LogP contribution in [0.4, 0.5) is 13.2 Å². The van der Waals surface area contributed by atoms with Crippen LogP contribution >= 0.6 is 0 Å². The van der Waals surface area contributed by atoms with Gasteiger partial charge in [0.05, 0.1) is 0 Å². The van der Waals surface area contributed by atoms with E-state index in [0.29, 0.717) is 11.1 Å². The van der Waals surface area contributed by atoms with Gasteiger partial charge in [-0.05, 0) is 11.1 Å². The highest BCUT2D eigenvalue weighted by Crippen LogP contribution is 2.44. The second-order valence-electron chi connectivity index (χ2n) is 6.36. The van der Waals surface area contributed by atoms with E-state index in [1.54, 1.807) is 66.7 Å². The third kappa shape index (κ3) is 4.03. The average Bonchev–Trinajstić information content (AvgIpc) is 2.74. The van der Waals surface area contributed by atoms with Crippen molar-refractivity contribution in [2.75, 3.05) is 7.11 Å². The molecule has 0 aliphatic rings. The molecule has 3 rings (SSSR count). The molecule has 0 fully saturated rings. The van der Waals surface area contributed by atoms with Crippen molar-refractivity contribution in [2.45, 2.75) is 17.9 Å². The minimum absolute atomic E-state index is 0.347. The Morgan fingerprint density at radius 3 is 1.55 bits per heavy atom. The number of methoxy groups -OCH3 is 1. The Morgan fingerprint density at radius 2 is 1.17 bits per heavy atom. The van der Waals surface area contributed by atoms with Crippen molar-refractivity contribution in [3.05, 3.63) is 108 Å². The summed E-state index contributed by atoms with van der Waals surface area (Å²) in [6.45, 7) is 0. The van der Waals surface area contributed by atoms with Crippen molar-refractivity contribution in [3.8, 4) is 0 Å². The van der Waals surface area contributed by atoms with Gasteiger partial charge in [0.15, 0.2) is 6.10 Å². The van der Waals surface area contributed by atoms with Crippen molar-refractivity contribution < 1.29 is 27.4 Å². The molecule has 0 aliphatic carbocycles. The van der Waals surface area contributed by atoms with Crippen LogP contribution < -0.4 is 0 Å². The number of hydrogen-bond donors (Lipinski definition) is 0. The van der Waals surface area contributed by atoms with E-state index in [1.165, 1.54) is 24.3 Å². The molecule has 6 heteroatoms. The first-order valence-electron chi connectivity index (χ1n) is 8.88. The number of esters is 1. The maximum absolute atomic E-state index is 14.1. The lowest BCUT2D eigenvalue weighted by atomic mass is 9.92. The Morgan fingerprint density at radius 1 is 0.759 bits per heavy atom. The number of ether oxygens (including phenoxy) is 2. The van der Waals surface area contributed by atoms with Gasteiger partial charge in [-0.2, -0.15) is 13.2 Å². The zero-order valence-electron chi connectivity index (χ0n) is 15.6. The van der Waals surface area contributed by atoms with Crippen LogP contribution in [0.25, 0.3) is 0 Å². The minimum Gasteiger partial charge on any atom is -0.450 e. The highest BCUT2D eigenvalue weighted by atomic mass is 19.4. The van der Waals surface area contributed by atoms with E-state index >= 15 is 0 Å². The molecule has 1 atom stereocenters. The highest BCUT2D eigenvalue weighted by Gasteiger charge is 2.64. The molecular weight excluding hydrogens is 381 g/mol. The summed E-state index contributed by atoms with van der Waals surface area (Å²) in [5.41, 5.74) is -2.49. The molecule has 0 saturated carbocycles. The quantitative estimate of drug-likeness (QED) is 0.518. The fraction of sp³-hybridized carbons (Fsp3) is 0.174. The molecule has 150 valence electrons. The number of carbonyl (C=O) groups excluding carboxylic acids is 1. The van der Waals surface area contributed by atoms with Crippen molar-refractivity contribution in [1.82, 2.24) is 0 Å². The van der Waals surface area contributed by atoms with Gasteiger partial charge >= 0.3 is 12.1 Å². The smallest absolute Gasteiger partial charge is 0.432 e. The number of carbonyl (C=O) groups is 1. The standard InChI is InChI=1S/C23H19F3O3/c1-28-22(23(24,25)26,19-15-9-4-10-16-19)21(27)29-20(17-11-5-2-6-12-17)18-13-7-3-8-14-18/h2-16,20H,1H3/t22-/m0/s1. The van der Waals surface area contributed by atoms with Crippen molar-refractivity contribution >= 4 is 5.97 Å². The fourth-order valence-corrected chi connectivity index (χ4v) is 3.16. The van der Waals surface area contributed by atoms with Crippen molar-refractivity contribution in [1.29, 1.82) is 0 Å². The second-order valence-corrected chi connectivity index (χ2v) is 6.36. The van der Waals surface area contributed by atoms with Gasteiger partial charge < -0.3 is 9.47 Å². The zero-order valence-corrected chi connectivity index (χ0v) is 15.6. The van der Waals surface area contributed by atoms with Gasteiger partial charge in [-0.25, -0.2) is 4.79 Å². The Kier molecular flexibility index (Phi) is 6.03. The molecule has 3 aromatic rings. The van der Waals surface area contributed by atoms with E-state index in [4.69, 9.17) is 9.47 Å². The van der Waals surface area contributed by atoms with E-state index < -0.39 is 23.9 Å². The van der Waals surface area contributed by atoms with Gasteiger partial charge in [0, 0.05) is 12.7 Å². The zero-order chi connectivity index (χ0) is 20.9. The number of halogens is 3. The van der Waals surface area contributed by atoms with E-state index in [1.807, 2.05) is 0 Å². The maximum Gasteiger partial charge on any atom is 0.432 e. The number of benzene rings is 3. The van der Waals surface area contributed by atoms with Gasteiger partial charge in [0.1, 0.15) is 0 Å². The first kappa shape index (κ1) is 20.6. The van der Waals surface area contributed by atoms with E-state index in [9.17, 15) is 18.0 Å². The average molecular weight is 400 g/mol. The summed E-state index contributed by atoms with van der Waals surface area (Å²) in [4.78, 5) is 13.0. The SMILES string of the molecule is CO[C@](C(=O)OC(c1ccccc1)c1ccccc1)(c1ccccc1)C(F)(F)F. The molecule has 0 aromatic heterocycles. The van der Waals surface area contributed by atoms with Crippen molar-refractivity contribution in [2.24, 2.45) is 0 Å². The van der Waals surface area contributed by atoms with Crippen LogP contribution in [0, 0.1) is 0 Å². The van der Waals surface area contributed by atoms with E-state index in [0.717, 1.165) is 7.11 Å². The van der Waals surface area contributed by atoms with Gasteiger partial charge in [0.2, 0.25) is 0 Å². The maximum atomic E-state index is 14.1. The molecule has 29 heavy (non-hydrogen) atoms. The summed E-state index contributed by atoms with van der Waals surface area (Å²) in [6, 6.07) is 24.0. The molecule has 0 N–H and O–H groups in total. The number of hydrogen-bond acceptors (Lipinski definition) is 3. The summed E-state index contributed by atoms with van der Waals surface area (Å²) in [5, 5.41) is 0. The Bertz CT molecular complexity index is 888. The first-order valence-corrected chi connectivity index (χ1v) is 8.88. The molecule has 0 heterocycles. The lowest BCUT2D eigenvalue weighted by Crippen LogP contribution is -2.52. The topological polar surface area (TPSA) is 35.5 Å². The number of alkyl halides is 3. The number of rotatable bonds is 6. The van der Waals surface area contributed by atoms with E-state index in [2.05, 4.69) is 0 Å². The second kappa shape index (κ2) is 8.49. The molecule has 3 aromatic carbocycles. The molecule has 0 bridgehead atoms. The molecule has 0 aliphatic heterocycles. The molecule has 0 spiro atoms. The van der Waals surface area contributed by atoms with Crippen LogP contribution in [0.2, 0.25) is 0 Å². The predicted molar refractivity (Wildman–Crippen MR) is 102 cm³/mol. The normalized spacial score (nSPS) is 13.7. The van der Waals surface area contributed by atoms with Crippen molar-refractivity contribution in [3.63, 3.8) is 0 Å². The van der Waals surface area contributed by atoms with Crippen LogP contribution in [-0.4, -0.2) is 19.3 Å². The monoisotopic (exact) mass is 400 g/mol. The molecular formula is C23H19F3O3. The van der Waals surface area contributed by atoms with Crippen LogP contribution in [0.1, 0.15) is 22.8 Å². The summed E-state index contributed by atoms with van der Waals surface area (Å²) in [5.74, 6) is -1.53. The van der Waals surface area contributed by atoms with Crippen LogP contribution in [0.15, 0.2) is 91.0 Å². The largest absolute Gasteiger partial charge is 0.450 e. The van der Waals surface area contributed by atoms with Gasteiger partial charge in [-0.1, -0.05) is 91.0 Å². The van der Waals surface area contributed by atoms with Gasteiger partial charge in [0.25, 0.3) is 5.60 Å². The molecule has 0 radical (unpaired) electrons. The minimum atomic E-state index is -5.03. The van der Waals surface area contributed by atoms with Gasteiger partial charge in [-0.15, -0.1) is 0 Å². The molecule has 3 nitrogen and oxygen atoms in total. The summed E-state index contributed by atoms with van der Waals surface area (Å²) in [7, 11) is 0.849. The lowest BCUT2D eigenvalue weighted by molar-refractivity contribution is -0.277. The Hall–Kier alpha value is -3.12. The third-order valence-corrected chi connectivity index (χ3v) is 4.60. The van der Waals surface area contributed by atoms with E-state index in [-0.39, 0.29) is 5.56 Å². The summed E-state index contributed by atoms with van der Waals surface area (Å²) < 4.78 is 52.7. The van der Waals surface area contributed by atoms with Crippen LogP contribution in [0.5, 0.6) is 0 Å². The first-order chi connectivity index (χ1) is 13.9. The van der Waals surface area contributed by atoms with Crippen LogP contribution in [-0.2, 0) is 19.9 Å². The Labute approximate surface area is 166 Å². The van der Waals surface area contributed by atoms with Gasteiger partial charge in [-0.3, -0.25) is 0 Å². The Balaban J connectivity index is 2.07. The molecule has 0 amide bonds. The lowest BCUT2D eigenvalue weighted by Gasteiger charge is -2.34. The summed E-state index contributed by atoms with van der Waals surface area (Å²) >= 11 is 0. The molecule has 0 unspecified atom stereocenters. The van der Waals surface area contributed by atoms with Crippen LogP contribution in [0.3, 0.4) is 0 Å². The fourth-order valence-electron chi connectivity index (χ4n) is 3.16. The third-order valence-electron chi connectivity index (χ3n) is 4.60. The highest BCUT2D eigenvalue weighted by molar-refractivity contribution is 5.83. The summed E-state index contributed by atoms with van der Waals surface area (Å²) in [6.07, 6.45) is -6.05.